The van der Waals surface area contributed by atoms with Crippen molar-refractivity contribution in [1.29, 1.82) is 0 Å². The van der Waals surface area contributed by atoms with Crippen LogP contribution in [0, 0.1) is 0 Å². The van der Waals surface area contributed by atoms with Crippen LogP contribution in [0.15, 0.2) is 0 Å². The molecular weight excluding hydrogens is 172 g/mol. The van der Waals surface area contributed by atoms with Gasteiger partial charge in [0, 0.05) is 12.5 Å². The lowest BCUT2D eigenvalue weighted by Gasteiger charge is -2.34. The van der Waals surface area contributed by atoms with Crippen LogP contribution in [0.4, 0.5) is 0 Å². The second-order valence-electron chi connectivity index (χ2n) is 5.24. The van der Waals surface area contributed by atoms with E-state index in [2.05, 4.69) is 39.6 Å². The minimum absolute atomic E-state index is 0.709. The van der Waals surface area contributed by atoms with Gasteiger partial charge in [0.2, 0.25) is 0 Å². The summed E-state index contributed by atoms with van der Waals surface area (Å²) in [5.41, 5.74) is 0. The van der Waals surface area contributed by atoms with Gasteiger partial charge in [0.1, 0.15) is 12.7 Å². The minimum atomic E-state index is 0.709. The number of nitrogens with zero attached hydrogens (tertiary/aromatic N) is 2. The van der Waals surface area contributed by atoms with Crippen LogP contribution in [0.3, 0.4) is 0 Å². The third kappa shape index (κ3) is 2.29. The lowest BCUT2D eigenvalue weighted by atomic mass is 10.1. The Kier molecular flexibility index (Phi) is 3.96. The summed E-state index contributed by atoms with van der Waals surface area (Å²) in [6, 6.07) is 1.58. The summed E-state index contributed by atoms with van der Waals surface area (Å²) in [6.07, 6.45) is 2.71. The fraction of sp³-hybridized carbons (Fsp3) is 1.00. The number of quaternary nitrogens is 1. The number of hydrogen-bond acceptors (Lipinski definition) is 1. The molecule has 2 nitrogen and oxygen atoms in total. The van der Waals surface area contributed by atoms with Crippen molar-refractivity contribution < 1.29 is 4.48 Å². The van der Waals surface area contributed by atoms with Gasteiger partial charge in [-0.1, -0.05) is 13.3 Å². The maximum Gasteiger partial charge on any atom is 0.135 e. The molecule has 2 heteroatoms. The molecule has 1 fully saturated rings. The normalized spacial score (nSPS) is 34.3. The van der Waals surface area contributed by atoms with Crippen molar-refractivity contribution >= 4 is 0 Å². The Labute approximate surface area is 89.5 Å². The molecule has 84 valence electrons. The highest BCUT2D eigenvalue weighted by Crippen LogP contribution is 2.25. The van der Waals surface area contributed by atoms with E-state index in [0.29, 0.717) is 6.04 Å². The minimum Gasteiger partial charge on any atom is -0.310 e. The first kappa shape index (κ1) is 12.0. The molecule has 0 aromatic rings. The molecule has 1 aliphatic heterocycles. The van der Waals surface area contributed by atoms with Crippen LogP contribution in [0.25, 0.3) is 0 Å². The molecule has 0 aromatic carbocycles. The summed E-state index contributed by atoms with van der Waals surface area (Å²) in [7, 11) is 2.42. The standard InChI is InChI=1S/C12H27N2/c1-6-8-12-9-13(11(3)4)10-14(12,5)7-2/h11-12H,6-10H2,1-5H3/q+1/t12?,14-/m0/s1. The molecule has 0 saturated carbocycles. The molecule has 0 radical (unpaired) electrons. The van der Waals surface area contributed by atoms with E-state index in [0.717, 1.165) is 6.04 Å². The number of rotatable bonds is 4. The maximum atomic E-state index is 2.63. The van der Waals surface area contributed by atoms with Gasteiger partial charge in [-0.2, -0.15) is 0 Å². The van der Waals surface area contributed by atoms with Crippen molar-refractivity contribution in [2.24, 2.45) is 0 Å². The molecule has 0 spiro atoms. The number of likely N-dealkylation sites (N-methyl/N-ethyl adjacent to an activating group) is 1. The molecule has 1 rings (SSSR count). The topological polar surface area (TPSA) is 3.24 Å². The van der Waals surface area contributed by atoms with Crippen LogP contribution in [0.1, 0.15) is 40.5 Å². The summed E-state index contributed by atoms with van der Waals surface area (Å²) >= 11 is 0. The van der Waals surface area contributed by atoms with Crippen molar-refractivity contribution in [3.05, 3.63) is 0 Å². The van der Waals surface area contributed by atoms with Crippen molar-refractivity contribution in [3.8, 4) is 0 Å². The van der Waals surface area contributed by atoms with E-state index in [9.17, 15) is 0 Å². The van der Waals surface area contributed by atoms with Gasteiger partial charge in [-0.25, -0.2) is 4.90 Å². The van der Waals surface area contributed by atoms with Gasteiger partial charge < -0.3 is 4.48 Å². The second-order valence-corrected chi connectivity index (χ2v) is 5.24. The van der Waals surface area contributed by atoms with Crippen molar-refractivity contribution in [2.75, 3.05) is 26.8 Å². The van der Waals surface area contributed by atoms with E-state index in [1.54, 1.807) is 0 Å². The van der Waals surface area contributed by atoms with Crippen LogP contribution in [0.2, 0.25) is 0 Å². The van der Waals surface area contributed by atoms with E-state index in [-0.39, 0.29) is 0 Å². The van der Waals surface area contributed by atoms with Crippen molar-refractivity contribution in [3.63, 3.8) is 0 Å². The van der Waals surface area contributed by atoms with E-state index >= 15 is 0 Å². The Bertz CT molecular complexity index is 179. The molecule has 1 aliphatic rings. The Morgan fingerprint density at radius 3 is 2.43 bits per heavy atom. The molecule has 0 amide bonds. The Balaban J connectivity index is 2.65. The SMILES string of the molecule is CCCC1CN(C(C)C)C[N@+]1(C)CC. The molecule has 0 aromatic heterocycles. The number of hydrogen-bond donors (Lipinski definition) is 0. The summed E-state index contributed by atoms with van der Waals surface area (Å²) in [4.78, 5) is 2.63. The third-order valence-electron chi connectivity index (χ3n) is 3.91. The van der Waals surface area contributed by atoms with Crippen LogP contribution in [0.5, 0.6) is 0 Å². The van der Waals surface area contributed by atoms with Gasteiger partial charge in [0.05, 0.1) is 20.1 Å². The fourth-order valence-corrected chi connectivity index (χ4v) is 2.52. The Hall–Kier alpha value is -0.0800. The average Bonchev–Trinajstić information content (AvgIpc) is 2.46. The van der Waals surface area contributed by atoms with Crippen molar-refractivity contribution in [1.82, 2.24) is 4.90 Å². The average molecular weight is 199 g/mol. The van der Waals surface area contributed by atoms with E-state index in [1.165, 1.54) is 37.1 Å². The summed E-state index contributed by atoms with van der Waals surface area (Å²) in [5, 5.41) is 0. The maximum absolute atomic E-state index is 2.63. The summed E-state index contributed by atoms with van der Waals surface area (Å²) in [6.45, 7) is 13.1. The fourth-order valence-electron chi connectivity index (χ4n) is 2.52. The molecular formula is C12H27N2+. The zero-order chi connectivity index (χ0) is 10.8. The lowest BCUT2D eigenvalue weighted by Crippen LogP contribution is -2.49. The molecule has 1 heterocycles. The molecule has 1 unspecified atom stereocenters. The van der Waals surface area contributed by atoms with Crippen molar-refractivity contribution in [2.45, 2.75) is 52.6 Å². The summed E-state index contributed by atoms with van der Waals surface area (Å²) in [5.74, 6) is 0. The highest BCUT2D eigenvalue weighted by Gasteiger charge is 2.41. The van der Waals surface area contributed by atoms with Crippen LogP contribution < -0.4 is 0 Å². The molecule has 0 N–H and O–H groups in total. The van der Waals surface area contributed by atoms with Gasteiger partial charge in [0.25, 0.3) is 0 Å². The van der Waals surface area contributed by atoms with Crippen LogP contribution in [-0.4, -0.2) is 48.3 Å². The van der Waals surface area contributed by atoms with Gasteiger partial charge in [0.15, 0.2) is 0 Å². The monoisotopic (exact) mass is 199 g/mol. The van der Waals surface area contributed by atoms with Gasteiger partial charge in [-0.15, -0.1) is 0 Å². The Morgan fingerprint density at radius 1 is 1.36 bits per heavy atom. The molecule has 2 atom stereocenters. The first-order valence-electron chi connectivity index (χ1n) is 6.11. The van der Waals surface area contributed by atoms with Gasteiger partial charge in [-0.3, -0.25) is 0 Å². The zero-order valence-electron chi connectivity index (χ0n) is 10.6. The smallest absolute Gasteiger partial charge is 0.135 e. The van der Waals surface area contributed by atoms with E-state index < -0.39 is 0 Å². The zero-order valence-corrected chi connectivity index (χ0v) is 10.6. The summed E-state index contributed by atoms with van der Waals surface area (Å²) < 4.78 is 1.26. The van der Waals surface area contributed by atoms with Crippen LogP contribution >= 0.6 is 0 Å². The quantitative estimate of drug-likeness (QED) is 0.628. The van der Waals surface area contributed by atoms with Gasteiger partial charge >= 0.3 is 0 Å². The first-order valence-corrected chi connectivity index (χ1v) is 6.11. The highest BCUT2D eigenvalue weighted by atomic mass is 15.5. The van der Waals surface area contributed by atoms with E-state index in [1.807, 2.05) is 0 Å². The predicted molar refractivity (Wildman–Crippen MR) is 62.1 cm³/mol. The van der Waals surface area contributed by atoms with Gasteiger partial charge in [-0.05, 0) is 20.8 Å². The molecule has 1 saturated heterocycles. The Morgan fingerprint density at radius 2 is 2.00 bits per heavy atom. The molecule has 0 aliphatic carbocycles. The lowest BCUT2D eigenvalue weighted by molar-refractivity contribution is -0.923. The molecule has 14 heavy (non-hydrogen) atoms. The largest absolute Gasteiger partial charge is 0.310 e. The second kappa shape index (κ2) is 4.63. The van der Waals surface area contributed by atoms with Crippen LogP contribution in [-0.2, 0) is 0 Å². The van der Waals surface area contributed by atoms with E-state index in [4.69, 9.17) is 0 Å². The highest BCUT2D eigenvalue weighted by molar-refractivity contribution is 4.74. The third-order valence-corrected chi connectivity index (χ3v) is 3.91. The predicted octanol–water partition coefficient (Wildman–Crippen LogP) is 2.30. The molecule has 0 bridgehead atoms. The first-order chi connectivity index (χ1) is 6.53.